The van der Waals surface area contributed by atoms with E-state index in [0.29, 0.717) is 23.5 Å². The molecule has 236 valence electrons. The molecule has 46 heavy (non-hydrogen) atoms. The summed E-state index contributed by atoms with van der Waals surface area (Å²) < 4.78 is 20.2. The molecule has 0 aliphatic heterocycles. The minimum Gasteiger partial charge on any atom is -0.457 e. The minimum atomic E-state index is -1.83. The molecule has 1 amide bonds. The molecule has 1 aliphatic rings. The van der Waals surface area contributed by atoms with Gasteiger partial charge in [-0.3, -0.25) is 4.79 Å². The molecule has 0 spiro atoms. The van der Waals surface area contributed by atoms with Crippen LogP contribution >= 0.6 is 0 Å². The van der Waals surface area contributed by atoms with E-state index in [-0.39, 0.29) is 12.1 Å². The molecule has 0 aromatic heterocycles. The van der Waals surface area contributed by atoms with Gasteiger partial charge in [0.15, 0.2) is 17.2 Å². The van der Waals surface area contributed by atoms with Crippen molar-refractivity contribution >= 4 is 24.4 Å². The maximum Gasteiger partial charge on any atom is 0.511 e. The predicted octanol–water partition coefficient (Wildman–Crippen LogP) is 7.68. The van der Waals surface area contributed by atoms with Crippen molar-refractivity contribution in [2.45, 2.75) is 38.8 Å². The van der Waals surface area contributed by atoms with Crippen LogP contribution in [0.15, 0.2) is 84.9 Å². The van der Waals surface area contributed by atoms with Crippen molar-refractivity contribution in [2.75, 3.05) is 0 Å². The number of carboxylic acid groups (broad SMARTS) is 3. The Hall–Kier alpha value is -6.04. The fourth-order valence-electron chi connectivity index (χ4n) is 5.41. The number of carbonyl (C=O) groups is 4. The summed E-state index contributed by atoms with van der Waals surface area (Å²) >= 11 is 0. The van der Waals surface area contributed by atoms with Crippen LogP contribution in [0.2, 0.25) is 0 Å². The second kappa shape index (κ2) is 13.7. The van der Waals surface area contributed by atoms with Crippen LogP contribution in [0, 0.1) is 6.92 Å². The zero-order valence-corrected chi connectivity index (χ0v) is 24.5. The number of aryl methyl sites for hydroxylation is 2. The summed E-state index contributed by atoms with van der Waals surface area (Å²) in [5, 5.41) is 27.9. The smallest absolute Gasteiger partial charge is 0.457 e. The number of ether oxygens (including phenoxy) is 4. The van der Waals surface area contributed by atoms with Crippen molar-refractivity contribution in [3.63, 3.8) is 0 Å². The highest BCUT2D eigenvalue weighted by atomic mass is 16.7. The summed E-state index contributed by atoms with van der Waals surface area (Å²) in [5.74, 6) is -1.47. The summed E-state index contributed by atoms with van der Waals surface area (Å²) in [5.41, 5.74) is 3.34. The Kier molecular flexibility index (Phi) is 9.36. The van der Waals surface area contributed by atoms with Crippen molar-refractivity contribution in [1.82, 2.24) is 4.90 Å². The van der Waals surface area contributed by atoms with E-state index in [1.165, 1.54) is 4.90 Å². The number of nitrogens with zero attached hydrogens (tertiary/aromatic N) is 1. The summed E-state index contributed by atoms with van der Waals surface area (Å²) in [4.78, 5) is 50.4. The van der Waals surface area contributed by atoms with Gasteiger partial charge in [0.05, 0.1) is 11.6 Å². The lowest BCUT2D eigenvalue weighted by atomic mass is 9.86. The molecule has 1 aliphatic carbocycles. The highest BCUT2D eigenvalue weighted by Crippen LogP contribution is 2.40. The number of fused-ring (bicyclic) bond motifs is 1. The molecule has 0 radical (unpaired) electrons. The van der Waals surface area contributed by atoms with Gasteiger partial charge in [-0.1, -0.05) is 54.1 Å². The largest absolute Gasteiger partial charge is 0.511 e. The van der Waals surface area contributed by atoms with Gasteiger partial charge in [-0.2, -0.15) is 0 Å². The number of amides is 1. The van der Waals surface area contributed by atoms with Gasteiger partial charge in [0, 0.05) is 18.7 Å². The topological polar surface area (TPSA) is 169 Å². The number of carbonyl (C=O) groups excluding carboxylic acids is 1. The predicted molar refractivity (Wildman–Crippen MR) is 162 cm³/mol. The van der Waals surface area contributed by atoms with E-state index in [1.54, 1.807) is 18.2 Å². The number of hydrogen-bond donors (Lipinski definition) is 3. The third kappa shape index (κ3) is 7.53. The fourth-order valence-corrected chi connectivity index (χ4v) is 5.41. The monoisotopic (exact) mass is 627 g/mol. The second-order valence-corrected chi connectivity index (χ2v) is 10.5. The van der Waals surface area contributed by atoms with Gasteiger partial charge in [0.25, 0.3) is 5.91 Å². The first-order chi connectivity index (χ1) is 22.1. The van der Waals surface area contributed by atoms with E-state index in [9.17, 15) is 29.4 Å². The summed E-state index contributed by atoms with van der Waals surface area (Å²) in [6, 6.07) is 23.6. The highest BCUT2D eigenvalue weighted by molar-refractivity contribution is 5.99. The number of rotatable bonds is 9. The normalized spacial score (nSPS) is 13.5. The minimum absolute atomic E-state index is 0.0396. The SMILES string of the molecule is Cc1ccc(Oc2cccc(CN(C(=O)c3cc(OC(=O)O)c(OC(=O)O)cc3OC(=O)O)[C@H]3CCCc4ccccc43)c2)cc1. The van der Waals surface area contributed by atoms with Crippen molar-refractivity contribution in [2.24, 2.45) is 0 Å². The van der Waals surface area contributed by atoms with Gasteiger partial charge in [-0.15, -0.1) is 0 Å². The average molecular weight is 628 g/mol. The number of benzene rings is 4. The van der Waals surface area contributed by atoms with Crippen LogP contribution in [0.4, 0.5) is 14.4 Å². The molecule has 0 unspecified atom stereocenters. The third-order valence-corrected chi connectivity index (χ3v) is 7.35. The lowest BCUT2D eigenvalue weighted by Crippen LogP contribution is -2.36. The van der Waals surface area contributed by atoms with E-state index in [1.807, 2.05) is 61.5 Å². The van der Waals surface area contributed by atoms with E-state index >= 15 is 0 Å². The standard InChI is InChI=1S/C34H29NO11/c1-20-12-14-23(15-13-20)43-24-9-4-6-21(16-24)19-35(27-11-5-8-22-7-2-3-10-25(22)27)31(36)26-17-29(45-33(39)40)30(46-34(41)42)18-28(26)44-32(37)38/h2-4,6-7,9-10,12-18,27H,5,8,11,19H2,1H3,(H,37,38)(H,39,40)(H,41,42)/t27-/m0/s1. The molecule has 0 bridgehead atoms. The third-order valence-electron chi connectivity index (χ3n) is 7.35. The zero-order chi connectivity index (χ0) is 32.8. The summed E-state index contributed by atoms with van der Waals surface area (Å²) in [6.07, 6.45) is -3.29. The maximum absolute atomic E-state index is 14.5. The van der Waals surface area contributed by atoms with Gasteiger partial charge in [-0.25, -0.2) is 14.4 Å². The Morgan fingerprint density at radius 1 is 0.739 bits per heavy atom. The molecule has 0 heterocycles. The van der Waals surface area contributed by atoms with E-state index in [4.69, 9.17) is 19.3 Å². The van der Waals surface area contributed by atoms with Gasteiger partial charge >= 0.3 is 18.5 Å². The first kappa shape index (κ1) is 31.4. The quantitative estimate of drug-likeness (QED) is 0.123. The lowest BCUT2D eigenvalue weighted by Gasteiger charge is -2.36. The zero-order valence-electron chi connectivity index (χ0n) is 24.5. The average Bonchev–Trinajstić information content (AvgIpc) is 3.01. The lowest BCUT2D eigenvalue weighted by molar-refractivity contribution is 0.0633. The van der Waals surface area contributed by atoms with Gasteiger partial charge < -0.3 is 39.2 Å². The summed E-state index contributed by atoms with van der Waals surface area (Å²) in [7, 11) is 0. The molecule has 4 aromatic carbocycles. The molecule has 1 atom stereocenters. The molecule has 12 nitrogen and oxygen atoms in total. The molecule has 5 rings (SSSR count). The Bertz CT molecular complexity index is 1780. The molecule has 0 saturated heterocycles. The van der Waals surface area contributed by atoms with Gasteiger partial charge in [0.2, 0.25) is 0 Å². The molecule has 4 aromatic rings. The molecule has 3 N–H and O–H groups in total. The first-order valence-corrected chi connectivity index (χ1v) is 14.2. The summed E-state index contributed by atoms with van der Waals surface area (Å²) in [6.45, 7) is 2.01. The van der Waals surface area contributed by atoms with Crippen molar-refractivity contribution in [1.29, 1.82) is 0 Å². The van der Waals surface area contributed by atoms with Crippen LogP contribution in [0.5, 0.6) is 28.7 Å². The molecule has 0 saturated carbocycles. The van der Waals surface area contributed by atoms with E-state index in [0.717, 1.165) is 41.7 Å². The van der Waals surface area contributed by atoms with Crippen LogP contribution < -0.4 is 18.9 Å². The Morgan fingerprint density at radius 3 is 2.09 bits per heavy atom. The van der Waals surface area contributed by atoms with Crippen molar-refractivity contribution in [3.05, 3.63) is 113 Å². The van der Waals surface area contributed by atoms with Crippen molar-refractivity contribution in [3.8, 4) is 28.7 Å². The number of hydrogen-bond acceptors (Lipinski definition) is 8. The Labute approximate surface area is 262 Å². The van der Waals surface area contributed by atoms with Gasteiger partial charge in [0.1, 0.15) is 11.5 Å². The molecule has 0 fully saturated rings. The van der Waals surface area contributed by atoms with Gasteiger partial charge in [-0.05, 0) is 67.1 Å². The van der Waals surface area contributed by atoms with Crippen molar-refractivity contribution < 1.29 is 53.4 Å². The Morgan fingerprint density at radius 2 is 1.39 bits per heavy atom. The Balaban J connectivity index is 1.59. The van der Waals surface area contributed by atoms with Crippen LogP contribution in [-0.2, 0) is 13.0 Å². The molecule has 12 heteroatoms. The van der Waals surface area contributed by atoms with E-state index in [2.05, 4.69) is 4.74 Å². The van der Waals surface area contributed by atoms with Crippen LogP contribution in [-0.4, -0.2) is 44.6 Å². The second-order valence-electron chi connectivity index (χ2n) is 10.5. The molecular weight excluding hydrogens is 598 g/mol. The maximum atomic E-state index is 14.5. The fraction of sp³-hybridized carbons (Fsp3) is 0.176. The molecular formula is C34H29NO11. The van der Waals surface area contributed by atoms with E-state index < -0.39 is 47.7 Å². The van der Waals surface area contributed by atoms with Crippen LogP contribution in [0.3, 0.4) is 0 Å². The first-order valence-electron chi connectivity index (χ1n) is 14.2. The van der Waals surface area contributed by atoms with Crippen LogP contribution in [0.25, 0.3) is 0 Å². The van der Waals surface area contributed by atoms with Crippen LogP contribution in [0.1, 0.15) is 51.5 Å². The highest BCUT2D eigenvalue weighted by Gasteiger charge is 2.33.